The highest BCUT2D eigenvalue weighted by Crippen LogP contribution is 2.28. The van der Waals surface area contributed by atoms with E-state index in [0.29, 0.717) is 18.4 Å². The second kappa shape index (κ2) is 5.02. The van der Waals surface area contributed by atoms with Crippen molar-refractivity contribution in [3.05, 3.63) is 17.7 Å². The number of hydrogen-bond donors (Lipinski definition) is 1. The Morgan fingerprint density at radius 3 is 3.06 bits per heavy atom. The molecule has 2 aliphatic heterocycles. The number of nitrogens with zero attached hydrogens (tertiary/aromatic N) is 3. The Labute approximate surface area is 109 Å². The molecule has 0 radical (unpaired) electrons. The Hall–Kier alpha value is -0.870. The van der Waals surface area contributed by atoms with E-state index in [1.54, 1.807) is 0 Å². The highest BCUT2D eigenvalue weighted by molar-refractivity contribution is 5.13. The number of aromatic nitrogens is 2. The van der Waals surface area contributed by atoms with Crippen LogP contribution in [0.5, 0.6) is 0 Å². The van der Waals surface area contributed by atoms with Gasteiger partial charge in [0.1, 0.15) is 5.82 Å². The number of aryl methyl sites for hydroxylation is 1. The van der Waals surface area contributed by atoms with Crippen LogP contribution in [-0.4, -0.2) is 46.3 Å². The normalized spacial score (nSPS) is 29.2. The van der Waals surface area contributed by atoms with Crippen molar-refractivity contribution in [2.45, 2.75) is 38.1 Å². The predicted octanol–water partition coefficient (Wildman–Crippen LogP) is 1.25. The minimum Gasteiger partial charge on any atom is -0.396 e. The maximum absolute atomic E-state index is 9.27. The lowest BCUT2D eigenvalue weighted by Crippen LogP contribution is -2.30. The van der Waals surface area contributed by atoms with Gasteiger partial charge in [0.15, 0.2) is 0 Å². The molecule has 2 aliphatic rings. The summed E-state index contributed by atoms with van der Waals surface area (Å²) in [6.07, 6.45) is 6.89. The first-order valence-electron chi connectivity index (χ1n) is 7.11. The van der Waals surface area contributed by atoms with Gasteiger partial charge in [0.05, 0.1) is 5.69 Å². The fraction of sp³-hybridized carbons (Fsp3) is 0.786. The third-order valence-corrected chi connectivity index (χ3v) is 4.41. The van der Waals surface area contributed by atoms with Crippen molar-refractivity contribution >= 4 is 0 Å². The summed E-state index contributed by atoms with van der Waals surface area (Å²) in [6.45, 7) is 3.61. The molecule has 1 N–H and O–H groups in total. The minimum absolute atomic E-state index is 0.305. The summed E-state index contributed by atoms with van der Waals surface area (Å²) in [4.78, 5) is 7.24. The Morgan fingerprint density at radius 1 is 1.39 bits per heavy atom. The summed E-state index contributed by atoms with van der Waals surface area (Å²) in [6, 6.07) is 0. The Balaban J connectivity index is 1.76. The standard InChI is InChI=1S/C14H23N3O/c1-16-6-2-3-12(8-16)13-9-17-7-11(10-18)4-5-14(17)15-13/h9,11-12,18H,2-8,10H2,1H3. The Kier molecular flexibility index (Phi) is 3.39. The van der Waals surface area contributed by atoms with Crippen LogP contribution in [0.2, 0.25) is 0 Å². The molecule has 0 amide bonds. The second-order valence-electron chi connectivity index (χ2n) is 5.92. The number of aliphatic hydroxyl groups excluding tert-OH is 1. The Bertz CT molecular complexity index is 415. The summed E-state index contributed by atoms with van der Waals surface area (Å²) in [5.41, 5.74) is 1.27. The molecule has 3 rings (SSSR count). The number of likely N-dealkylation sites (N-methyl/N-ethyl adjacent to an activating group) is 1. The molecule has 0 aliphatic carbocycles. The summed E-state index contributed by atoms with van der Waals surface area (Å²) in [5.74, 6) is 2.26. The first-order chi connectivity index (χ1) is 8.76. The molecule has 18 heavy (non-hydrogen) atoms. The first kappa shape index (κ1) is 12.2. The number of hydrogen-bond acceptors (Lipinski definition) is 3. The van der Waals surface area contributed by atoms with E-state index in [1.165, 1.54) is 30.9 Å². The number of piperidine rings is 1. The van der Waals surface area contributed by atoms with Gasteiger partial charge in [0, 0.05) is 44.1 Å². The average molecular weight is 249 g/mol. The van der Waals surface area contributed by atoms with Crippen LogP contribution in [0.1, 0.15) is 36.7 Å². The van der Waals surface area contributed by atoms with E-state index in [-0.39, 0.29) is 0 Å². The fourth-order valence-electron chi connectivity index (χ4n) is 3.29. The number of likely N-dealkylation sites (tertiary alicyclic amines) is 1. The minimum atomic E-state index is 0.305. The molecule has 0 saturated carbocycles. The first-order valence-corrected chi connectivity index (χ1v) is 7.11. The van der Waals surface area contributed by atoms with Gasteiger partial charge in [-0.2, -0.15) is 0 Å². The summed E-state index contributed by atoms with van der Waals surface area (Å²) >= 11 is 0. The van der Waals surface area contributed by atoms with Crippen LogP contribution < -0.4 is 0 Å². The SMILES string of the molecule is CN1CCCC(c2cn3c(n2)CCC(CO)C3)C1. The van der Waals surface area contributed by atoms with Gasteiger partial charge < -0.3 is 14.6 Å². The van der Waals surface area contributed by atoms with Gasteiger partial charge in [-0.05, 0) is 32.9 Å². The van der Waals surface area contributed by atoms with E-state index in [0.717, 1.165) is 25.9 Å². The van der Waals surface area contributed by atoms with Crippen LogP contribution in [0.15, 0.2) is 6.20 Å². The molecule has 3 heterocycles. The molecular weight excluding hydrogens is 226 g/mol. The van der Waals surface area contributed by atoms with E-state index in [2.05, 4.69) is 22.7 Å². The lowest BCUT2D eigenvalue weighted by Gasteiger charge is -2.28. The van der Waals surface area contributed by atoms with E-state index < -0.39 is 0 Å². The molecule has 0 spiro atoms. The topological polar surface area (TPSA) is 41.3 Å². The predicted molar refractivity (Wildman–Crippen MR) is 70.6 cm³/mol. The zero-order valence-corrected chi connectivity index (χ0v) is 11.2. The van der Waals surface area contributed by atoms with Crippen molar-refractivity contribution in [1.82, 2.24) is 14.5 Å². The molecule has 1 aromatic rings. The number of rotatable bonds is 2. The molecule has 0 bridgehead atoms. The average Bonchev–Trinajstić information content (AvgIpc) is 2.81. The third kappa shape index (κ3) is 2.31. The van der Waals surface area contributed by atoms with E-state index in [1.807, 2.05) is 0 Å². The second-order valence-corrected chi connectivity index (χ2v) is 5.92. The molecule has 0 aromatic carbocycles. The Morgan fingerprint density at radius 2 is 2.28 bits per heavy atom. The van der Waals surface area contributed by atoms with Crippen LogP contribution in [0.4, 0.5) is 0 Å². The largest absolute Gasteiger partial charge is 0.396 e. The van der Waals surface area contributed by atoms with Gasteiger partial charge in [-0.3, -0.25) is 0 Å². The monoisotopic (exact) mass is 249 g/mol. The highest BCUT2D eigenvalue weighted by Gasteiger charge is 2.25. The number of aliphatic hydroxyl groups is 1. The highest BCUT2D eigenvalue weighted by atomic mass is 16.3. The zero-order valence-electron chi connectivity index (χ0n) is 11.2. The molecule has 1 fully saturated rings. The van der Waals surface area contributed by atoms with Crippen LogP contribution >= 0.6 is 0 Å². The lowest BCUT2D eigenvalue weighted by atomic mass is 9.96. The third-order valence-electron chi connectivity index (χ3n) is 4.41. The van der Waals surface area contributed by atoms with Gasteiger partial charge >= 0.3 is 0 Å². The van der Waals surface area contributed by atoms with E-state index in [4.69, 9.17) is 4.98 Å². The molecule has 1 saturated heterocycles. The quantitative estimate of drug-likeness (QED) is 0.857. The smallest absolute Gasteiger partial charge is 0.108 e. The van der Waals surface area contributed by atoms with Crippen molar-refractivity contribution in [3.8, 4) is 0 Å². The lowest BCUT2D eigenvalue weighted by molar-refractivity contribution is 0.190. The van der Waals surface area contributed by atoms with Crippen molar-refractivity contribution in [2.75, 3.05) is 26.7 Å². The molecule has 4 heteroatoms. The van der Waals surface area contributed by atoms with Crippen LogP contribution in [0.25, 0.3) is 0 Å². The van der Waals surface area contributed by atoms with Crippen molar-refractivity contribution in [2.24, 2.45) is 5.92 Å². The molecule has 1 aromatic heterocycles. The summed E-state index contributed by atoms with van der Waals surface area (Å²) < 4.78 is 2.27. The molecule has 4 nitrogen and oxygen atoms in total. The fourth-order valence-corrected chi connectivity index (χ4v) is 3.29. The maximum atomic E-state index is 9.27. The number of fused-ring (bicyclic) bond motifs is 1. The molecule has 100 valence electrons. The van der Waals surface area contributed by atoms with Gasteiger partial charge in [-0.1, -0.05) is 0 Å². The van der Waals surface area contributed by atoms with Crippen LogP contribution in [0.3, 0.4) is 0 Å². The van der Waals surface area contributed by atoms with Crippen molar-refractivity contribution in [1.29, 1.82) is 0 Å². The van der Waals surface area contributed by atoms with Crippen molar-refractivity contribution in [3.63, 3.8) is 0 Å². The van der Waals surface area contributed by atoms with E-state index in [9.17, 15) is 5.11 Å². The zero-order chi connectivity index (χ0) is 12.5. The van der Waals surface area contributed by atoms with Gasteiger partial charge in [0.25, 0.3) is 0 Å². The molecule has 2 atom stereocenters. The van der Waals surface area contributed by atoms with Gasteiger partial charge in [-0.25, -0.2) is 4.98 Å². The summed E-state index contributed by atoms with van der Waals surface area (Å²) in [5, 5.41) is 9.27. The van der Waals surface area contributed by atoms with Gasteiger partial charge in [0.2, 0.25) is 0 Å². The van der Waals surface area contributed by atoms with Crippen molar-refractivity contribution < 1.29 is 5.11 Å². The van der Waals surface area contributed by atoms with Gasteiger partial charge in [-0.15, -0.1) is 0 Å². The molecular formula is C14H23N3O. The summed E-state index contributed by atoms with van der Waals surface area (Å²) in [7, 11) is 2.20. The van der Waals surface area contributed by atoms with Crippen LogP contribution in [0, 0.1) is 5.92 Å². The van der Waals surface area contributed by atoms with E-state index >= 15 is 0 Å². The number of imidazole rings is 1. The maximum Gasteiger partial charge on any atom is 0.108 e. The molecule has 2 unspecified atom stereocenters. The van der Waals surface area contributed by atoms with Crippen LogP contribution in [-0.2, 0) is 13.0 Å².